The van der Waals surface area contributed by atoms with Gasteiger partial charge in [-0.05, 0) is 6.42 Å². The van der Waals surface area contributed by atoms with Crippen molar-refractivity contribution in [3.8, 4) is 0 Å². The van der Waals surface area contributed by atoms with Crippen LogP contribution in [0.4, 0.5) is 17.1 Å². The van der Waals surface area contributed by atoms with E-state index in [4.69, 9.17) is 15.9 Å². The number of carboxylic acids is 2. The summed E-state index contributed by atoms with van der Waals surface area (Å²) >= 11 is 0.345. The molecule has 2 atom stereocenters. The summed E-state index contributed by atoms with van der Waals surface area (Å²) in [7, 11) is 0. The molecule has 1 rings (SSSR count). The highest BCUT2D eigenvalue weighted by Crippen LogP contribution is 2.40. The van der Waals surface area contributed by atoms with E-state index in [0.29, 0.717) is 23.9 Å². The topological polar surface area (TPSA) is 288 Å². The predicted octanol–water partition coefficient (Wildman–Crippen LogP) is -0.619. The normalized spacial score (nSPS) is 12.1. The Morgan fingerprint density at radius 2 is 1.54 bits per heavy atom. The van der Waals surface area contributed by atoms with Gasteiger partial charge in [-0.25, -0.2) is 0 Å². The van der Waals surface area contributed by atoms with Crippen molar-refractivity contribution in [1.82, 2.24) is 10.6 Å². The predicted molar refractivity (Wildman–Crippen MR) is 115 cm³/mol. The van der Waals surface area contributed by atoms with Gasteiger partial charge in [0.25, 0.3) is 17.1 Å². The second kappa shape index (κ2) is 12.7. The number of nitrogens with two attached hydrogens (primary N) is 1. The first-order chi connectivity index (χ1) is 16.2. The van der Waals surface area contributed by atoms with Gasteiger partial charge in [0.2, 0.25) is 11.8 Å². The van der Waals surface area contributed by atoms with Crippen LogP contribution in [-0.4, -0.2) is 73.1 Å². The maximum absolute atomic E-state index is 12.4. The number of thioether (sulfide) groups is 1. The average Bonchev–Trinajstić information content (AvgIpc) is 2.77. The van der Waals surface area contributed by atoms with Crippen LogP contribution in [0.25, 0.3) is 0 Å². The van der Waals surface area contributed by atoms with Crippen molar-refractivity contribution in [2.24, 2.45) is 5.73 Å². The van der Waals surface area contributed by atoms with Crippen LogP contribution in [0.3, 0.4) is 0 Å². The molecule has 0 bridgehead atoms. The maximum Gasteiger partial charge on any atom is 0.322 e. The molecule has 0 saturated carbocycles. The van der Waals surface area contributed by atoms with Crippen LogP contribution >= 0.6 is 11.8 Å². The summed E-state index contributed by atoms with van der Waals surface area (Å²) < 4.78 is 0. The molecule has 190 valence electrons. The van der Waals surface area contributed by atoms with E-state index < -0.39 is 91.3 Å². The first kappa shape index (κ1) is 28.6. The molecule has 18 nitrogen and oxygen atoms in total. The van der Waals surface area contributed by atoms with Crippen molar-refractivity contribution in [2.75, 3.05) is 12.3 Å². The number of carbonyl (C=O) groups is 4. The molecule has 2 amide bonds. The Bertz CT molecular complexity index is 1030. The van der Waals surface area contributed by atoms with Gasteiger partial charge in [0.05, 0.1) is 26.9 Å². The molecule has 0 heterocycles. The van der Waals surface area contributed by atoms with Crippen LogP contribution in [-0.2, 0) is 19.2 Å². The number of hydrogen-bond donors (Lipinski definition) is 5. The van der Waals surface area contributed by atoms with Crippen molar-refractivity contribution in [1.29, 1.82) is 0 Å². The first-order valence-corrected chi connectivity index (χ1v) is 10.2. The number of amides is 2. The van der Waals surface area contributed by atoms with Crippen LogP contribution in [0.5, 0.6) is 0 Å². The Morgan fingerprint density at radius 1 is 1.00 bits per heavy atom. The van der Waals surface area contributed by atoms with Crippen molar-refractivity contribution >= 4 is 52.6 Å². The lowest BCUT2D eigenvalue weighted by atomic mass is 10.1. The van der Waals surface area contributed by atoms with E-state index in [1.54, 1.807) is 0 Å². The summed E-state index contributed by atoms with van der Waals surface area (Å²) in [6, 6.07) is -2.00. The standard InChI is InChI=1S/C16H18N6O12S/c17-8(16(27)28)1-2-12(23)19-9(15(26)18-5-13(24)25)6-35-14-10(21(31)32)3-7(20(29)30)4-11(14)22(33)34/h3-4,8-9H,1-2,5-6,17H2,(H,18,26)(H,19,23)(H,24,25)(H,27,28)/t8-,9-/m0/s1. The molecule has 0 aliphatic rings. The number of nitrogens with zero attached hydrogens (tertiary/aromatic N) is 3. The molecule has 0 aliphatic heterocycles. The van der Waals surface area contributed by atoms with E-state index in [1.807, 2.05) is 5.32 Å². The Balaban J connectivity index is 3.22. The molecular weight excluding hydrogens is 500 g/mol. The van der Waals surface area contributed by atoms with E-state index in [1.165, 1.54) is 0 Å². The monoisotopic (exact) mass is 518 g/mol. The summed E-state index contributed by atoms with van der Waals surface area (Å²) in [6.07, 6.45) is -0.782. The van der Waals surface area contributed by atoms with E-state index in [0.717, 1.165) is 0 Å². The van der Waals surface area contributed by atoms with Gasteiger partial charge >= 0.3 is 11.9 Å². The van der Waals surface area contributed by atoms with Crippen LogP contribution in [0.1, 0.15) is 12.8 Å². The lowest BCUT2D eigenvalue weighted by Gasteiger charge is -2.18. The molecule has 0 unspecified atom stereocenters. The summed E-state index contributed by atoms with van der Waals surface area (Å²) in [6.45, 7) is -0.864. The third-order valence-electron chi connectivity index (χ3n) is 4.10. The number of benzene rings is 1. The van der Waals surface area contributed by atoms with Gasteiger partial charge in [0.1, 0.15) is 18.6 Å². The number of carbonyl (C=O) groups excluding carboxylic acids is 2. The van der Waals surface area contributed by atoms with Crippen LogP contribution in [0.2, 0.25) is 0 Å². The molecule has 0 aliphatic carbocycles. The first-order valence-electron chi connectivity index (χ1n) is 9.25. The third kappa shape index (κ3) is 8.81. The third-order valence-corrected chi connectivity index (χ3v) is 5.31. The van der Waals surface area contributed by atoms with Gasteiger partial charge in [0, 0.05) is 12.2 Å². The minimum atomic E-state index is -1.58. The number of rotatable bonds is 14. The zero-order chi connectivity index (χ0) is 26.9. The number of nitro groups is 3. The molecule has 1 aromatic carbocycles. The fourth-order valence-electron chi connectivity index (χ4n) is 2.42. The number of nitrogens with one attached hydrogen (secondary N) is 2. The van der Waals surface area contributed by atoms with E-state index in [-0.39, 0.29) is 6.42 Å². The number of non-ortho nitro benzene ring substituents is 1. The second-order valence-electron chi connectivity index (χ2n) is 6.61. The van der Waals surface area contributed by atoms with Gasteiger partial charge in [-0.3, -0.25) is 49.5 Å². The van der Waals surface area contributed by atoms with Gasteiger partial charge < -0.3 is 26.6 Å². The molecular formula is C16H18N6O12S. The molecule has 0 fully saturated rings. The lowest BCUT2D eigenvalue weighted by Crippen LogP contribution is -2.49. The van der Waals surface area contributed by atoms with Crippen molar-refractivity contribution in [3.63, 3.8) is 0 Å². The fourth-order valence-corrected chi connectivity index (χ4v) is 3.55. The fraction of sp³-hybridized carbons (Fsp3) is 0.375. The number of nitro benzene ring substituents is 3. The summed E-state index contributed by atoms with van der Waals surface area (Å²) in [5, 5.41) is 55.4. The number of aliphatic carboxylic acids is 2. The zero-order valence-electron chi connectivity index (χ0n) is 17.4. The maximum atomic E-state index is 12.4. The van der Waals surface area contributed by atoms with E-state index in [9.17, 15) is 49.5 Å². The molecule has 0 aromatic heterocycles. The number of carboxylic acid groups (broad SMARTS) is 2. The molecule has 6 N–H and O–H groups in total. The molecule has 35 heavy (non-hydrogen) atoms. The van der Waals surface area contributed by atoms with Gasteiger partial charge in [0.15, 0.2) is 4.90 Å². The molecule has 0 saturated heterocycles. The average molecular weight is 518 g/mol. The SMILES string of the molecule is N[C@@H](CCC(=O)N[C@@H](CSc1c([N+](=O)[O-])cc([N+](=O)[O-])cc1[N+](=O)[O-])C(=O)NCC(=O)O)C(=O)O. The zero-order valence-corrected chi connectivity index (χ0v) is 18.3. The highest BCUT2D eigenvalue weighted by atomic mass is 32.2. The molecule has 0 radical (unpaired) electrons. The van der Waals surface area contributed by atoms with Crippen molar-refractivity contribution in [2.45, 2.75) is 29.8 Å². The minimum absolute atomic E-state index is 0.322. The Morgan fingerprint density at radius 3 is 1.97 bits per heavy atom. The van der Waals surface area contributed by atoms with E-state index >= 15 is 0 Å². The van der Waals surface area contributed by atoms with Crippen LogP contribution in [0.15, 0.2) is 17.0 Å². The summed E-state index contributed by atoms with van der Waals surface area (Å²) in [4.78, 5) is 75.8. The summed E-state index contributed by atoms with van der Waals surface area (Å²) in [5.41, 5.74) is 2.36. The Kier molecular flexibility index (Phi) is 10.4. The van der Waals surface area contributed by atoms with Crippen LogP contribution < -0.4 is 16.4 Å². The summed E-state index contributed by atoms with van der Waals surface area (Å²) in [5.74, 6) is -5.37. The van der Waals surface area contributed by atoms with Crippen molar-refractivity contribution in [3.05, 3.63) is 42.5 Å². The largest absolute Gasteiger partial charge is 0.480 e. The molecule has 19 heteroatoms. The van der Waals surface area contributed by atoms with Crippen LogP contribution in [0, 0.1) is 30.3 Å². The van der Waals surface area contributed by atoms with Gasteiger partial charge in [-0.2, -0.15) is 0 Å². The quantitative estimate of drug-likeness (QED) is 0.116. The lowest BCUT2D eigenvalue weighted by molar-refractivity contribution is -0.407. The Labute approximate surface area is 198 Å². The van der Waals surface area contributed by atoms with E-state index in [2.05, 4.69) is 5.32 Å². The molecule has 0 spiro atoms. The highest BCUT2D eigenvalue weighted by Gasteiger charge is 2.32. The second-order valence-corrected chi connectivity index (χ2v) is 7.64. The number of hydrogen-bond acceptors (Lipinski definition) is 12. The van der Waals surface area contributed by atoms with Gasteiger partial charge in [-0.1, -0.05) is 0 Å². The van der Waals surface area contributed by atoms with Crippen molar-refractivity contribution < 1.29 is 44.2 Å². The molecule has 1 aromatic rings. The van der Waals surface area contributed by atoms with Gasteiger partial charge in [-0.15, -0.1) is 11.8 Å². The highest BCUT2D eigenvalue weighted by molar-refractivity contribution is 7.99. The smallest absolute Gasteiger partial charge is 0.322 e. The Hall–Kier alpha value is -4.39. The minimum Gasteiger partial charge on any atom is -0.480 e.